The second kappa shape index (κ2) is 10.8. The molecule has 1 amide bonds. The fraction of sp³-hybridized carbons (Fsp3) is 0.519. The van der Waals surface area contributed by atoms with Crippen LogP contribution in [0.2, 0.25) is 0 Å². The van der Waals surface area contributed by atoms with Crippen LogP contribution in [0.3, 0.4) is 0 Å². The van der Waals surface area contributed by atoms with Gasteiger partial charge in [-0.1, -0.05) is 25.1 Å². The molecule has 0 unspecified atom stereocenters. The molecule has 172 valence electrons. The molecule has 5 heteroatoms. The number of carbonyl (C=O) groups excluding carboxylic acids is 1. The molecule has 0 bridgehead atoms. The fourth-order valence-corrected chi connectivity index (χ4v) is 4.82. The molecule has 0 aromatic heterocycles. The van der Waals surface area contributed by atoms with Crippen molar-refractivity contribution in [3.63, 3.8) is 0 Å². The van der Waals surface area contributed by atoms with Crippen LogP contribution in [0.1, 0.15) is 62.5 Å². The summed E-state index contributed by atoms with van der Waals surface area (Å²) < 4.78 is 17.6. The Morgan fingerprint density at radius 1 is 1.06 bits per heavy atom. The number of nitrogens with one attached hydrogen (secondary N) is 1. The van der Waals surface area contributed by atoms with Gasteiger partial charge in [-0.2, -0.15) is 0 Å². The van der Waals surface area contributed by atoms with E-state index in [9.17, 15) is 4.79 Å². The lowest BCUT2D eigenvalue weighted by Crippen LogP contribution is -2.41. The molecule has 0 spiro atoms. The normalized spacial score (nSPS) is 21.2. The third-order valence-corrected chi connectivity index (χ3v) is 6.57. The first-order valence-electron chi connectivity index (χ1n) is 12.0. The van der Waals surface area contributed by atoms with Crippen molar-refractivity contribution in [3.8, 4) is 17.2 Å². The van der Waals surface area contributed by atoms with Gasteiger partial charge in [0.25, 0.3) is 0 Å². The van der Waals surface area contributed by atoms with Gasteiger partial charge in [0.15, 0.2) is 11.5 Å². The zero-order chi connectivity index (χ0) is 22.3. The van der Waals surface area contributed by atoms with Gasteiger partial charge < -0.3 is 19.5 Å². The predicted molar refractivity (Wildman–Crippen MR) is 126 cm³/mol. The lowest BCUT2D eigenvalue weighted by atomic mass is 9.82. The van der Waals surface area contributed by atoms with Gasteiger partial charge in [-0.05, 0) is 80.3 Å². The number of hydrogen-bond donors (Lipinski definition) is 1. The maximum atomic E-state index is 12.6. The van der Waals surface area contributed by atoms with Crippen molar-refractivity contribution in [1.29, 1.82) is 0 Å². The van der Waals surface area contributed by atoms with E-state index in [-0.39, 0.29) is 23.8 Å². The van der Waals surface area contributed by atoms with Crippen molar-refractivity contribution < 1.29 is 19.0 Å². The molecule has 2 fully saturated rings. The molecule has 2 aliphatic rings. The van der Waals surface area contributed by atoms with Crippen molar-refractivity contribution in [2.75, 3.05) is 20.3 Å². The second-order valence-electron chi connectivity index (χ2n) is 9.01. The highest BCUT2D eigenvalue weighted by atomic mass is 16.5. The summed E-state index contributed by atoms with van der Waals surface area (Å²) >= 11 is 0. The zero-order valence-corrected chi connectivity index (χ0v) is 19.3. The Labute approximate surface area is 191 Å². The number of piperidine rings is 1. The zero-order valence-electron chi connectivity index (χ0n) is 19.3. The summed E-state index contributed by atoms with van der Waals surface area (Å²) in [5, 5.41) is 3.13. The molecule has 1 aliphatic carbocycles. The largest absolute Gasteiger partial charge is 0.494 e. The van der Waals surface area contributed by atoms with Gasteiger partial charge in [-0.15, -0.1) is 0 Å². The Morgan fingerprint density at radius 2 is 1.91 bits per heavy atom. The average Bonchev–Trinajstić information content (AvgIpc) is 3.32. The first-order chi connectivity index (χ1) is 15.7. The third-order valence-electron chi connectivity index (χ3n) is 6.57. The fourth-order valence-electron chi connectivity index (χ4n) is 4.82. The summed E-state index contributed by atoms with van der Waals surface area (Å²) in [4.78, 5) is 12.6. The second-order valence-corrected chi connectivity index (χ2v) is 9.01. The maximum absolute atomic E-state index is 12.6. The van der Waals surface area contributed by atoms with Gasteiger partial charge in [0.05, 0.1) is 19.8 Å². The van der Waals surface area contributed by atoms with E-state index in [2.05, 4.69) is 36.5 Å². The van der Waals surface area contributed by atoms with Crippen molar-refractivity contribution >= 4 is 5.91 Å². The number of rotatable bonds is 9. The standard InChI is InChI=1S/C27H35NO4/c1-3-13-31-24-10-6-7-19(15-24)14-21-16-22(18-28-27(21)29)20-11-12-25(30-2)26(17-20)32-23-8-4-5-9-23/h6-7,10-12,15,17,21-23H,3-5,8-9,13-14,16,18H2,1-2H3,(H,28,29)/t21-,22+/m0/s1. The van der Waals surface area contributed by atoms with Gasteiger partial charge in [0.1, 0.15) is 5.75 Å². The minimum atomic E-state index is -0.0588. The van der Waals surface area contributed by atoms with E-state index in [1.807, 2.05) is 18.2 Å². The van der Waals surface area contributed by atoms with Crippen LogP contribution in [0.15, 0.2) is 42.5 Å². The first-order valence-corrected chi connectivity index (χ1v) is 12.0. The van der Waals surface area contributed by atoms with Gasteiger partial charge in [0, 0.05) is 18.4 Å². The number of benzene rings is 2. The minimum absolute atomic E-state index is 0.0588. The smallest absolute Gasteiger partial charge is 0.223 e. The monoisotopic (exact) mass is 437 g/mol. The van der Waals surface area contributed by atoms with E-state index >= 15 is 0 Å². The van der Waals surface area contributed by atoms with E-state index < -0.39 is 0 Å². The molecule has 1 saturated carbocycles. The molecule has 2 atom stereocenters. The highest BCUT2D eigenvalue weighted by molar-refractivity contribution is 5.80. The Bertz CT molecular complexity index is 906. The van der Waals surface area contributed by atoms with Crippen LogP contribution in [0.4, 0.5) is 0 Å². The van der Waals surface area contributed by atoms with E-state index in [1.54, 1.807) is 7.11 Å². The highest BCUT2D eigenvalue weighted by Gasteiger charge is 2.30. The van der Waals surface area contributed by atoms with Crippen molar-refractivity contribution in [3.05, 3.63) is 53.6 Å². The summed E-state index contributed by atoms with van der Waals surface area (Å²) in [7, 11) is 1.69. The quantitative estimate of drug-likeness (QED) is 0.581. The van der Waals surface area contributed by atoms with Crippen LogP contribution >= 0.6 is 0 Å². The van der Waals surface area contributed by atoms with E-state index in [4.69, 9.17) is 14.2 Å². The molecule has 1 heterocycles. The summed E-state index contributed by atoms with van der Waals surface area (Å²) in [6, 6.07) is 14.4. The Balaban J connectivity index is 1.46. The Hall–Kier alpha value is -2.69. The third kappa shape index (κ3) is 5.56. The predicted octanol–water partition coefficient (Wildman–Crippen LogP) is 5.27. The van der Waals surface area contributed by atoms with Crippen molar-refractivity contribution in [2.45, 2.75) is 63.9 Å². The molecule has 2 aromatic rings. The Kier molecular flexibility index (Phi) is 7.56. The van der Waals surface area contributed by atoms with Crippen LogP contribution in [-0.2, 0) is 11.2 Å². The van der Waals surface area contributed by atoms with Crippen LogP contribution < -0.4 is 19.5 Å². The molecular weight excluding hydrogens is 402 g/mol. The molecule has 1 aliphatic heterocycles. The number of ether oxygens (including phenoxy) is 3. The lowest BCUT2D eigenvalue weighted by Gasteiger charge is -2.30. The van der Waals surface area contributed by atoms with Gasteiger partial charge in [-0.25, -0.2) is 0 Å². The van der Waals surface area contributed by atoms with Gasteiger partial charge in [-0.3, -0.25) is 4.79 Å². The summed E-state index contributed by atoms with van der Waals surface area (Å²) in [5.41, 5.74) is 2.34. The molecule has 1 saturated heterocycles. The van der Waals surface area contributed by atoms with Crippen molar-refractivity contribution in [2.24, 2.45) is 5.92 Å². The summed E-state index contributed by atoms with van der Waals surface area (Å²) in [6.07, 6.45) is 7.47. The average molecular weight is 438 g/mol. The molecular formula is C27H35NO4. The summed E-state index contributed by atoms with van der Waals surface area (Å²) in [5.74, 6) is 2.82. The lowest BCUT2D eigenvalue weighted by molar-refractivity contribution is -0.126. The highest BCUT2D eigenvalue weighted by Crippen LogP contribution is 2.37. The van der Waals surface area contributed by atoms with Crippen LogP contribution in [-0.4, -0.2) is 32.3 Å². The van der Waals surface area contributed by atoms with E-state index in [1.165, 1.54) is 18.4 Å². The van der Waals surface area contributed by atoms with Gasteiger partial charge >= 0.3 is 0 Å². The number of hydrogen-bond acceptors (Lipinski definition) is 4. The number of methoxy groups -OCH3 is 1. The van der Waals surface area contributed by atoms with Crippen LogP contribution in [0.25, 0.3) is 0 Å². The molecule has 4 rings (SSSR count). The number of carbonyl (C=O) groups is 1. The van der Waals surface area contributed by atoms with Gasteiger partial charge in [0.2, 0.25) is 5.91 Å². The minimum Gasteiger partial charge on any atom is -0.494 e. The Morgan fingerprint density at radius 3 is 2.69 bits per heavy atom. The van der Waals surface area contributed by atoms with E-state index in [0.717, 1.165) is 48.5 Å². The summed E-state index contributed by atoms with van der Waals surface area (Å²) in [6.45, 7) is 3.46. The molecule has 0 radical (unpaired) electrons. The van der Waals surface area contributed by atoms with E-state index in [0.29, 0.717) is 19.6 Å². The number of amides is 1. The maximum Gasteiger partial charge on any atom is 0.223 e. The SMILES string of the molecule is CCCOc1cccc(C[C@H]2C[C@@H](c3ccc(OC)c(OC4CCCC4)c3)CNC2=O)c1. The topological polar surface area (TPSA) is 56.8 Å². The molecule has 1 N–H and O–H groups in total. The molecule has 32 heavy (non-hydrogen) atoms. The first kappa shape index (κ1) is 22.5. The van der Waals surface area contributed by atoms with Crippen LogP contribution in [0.5, 0.6) is 17.2 Å². The van der Waals surface area contributed by atoms with Crippen LogP contribution in [0, 0.1) is 5.92 Å². The molecule has 5 nitrogen and oxygen atoms in total. The van der Waals surface area contributed by atoms with Crippen molar-refractivity contribution in [1.82, 2.24) is 5.32 Å². The molecule has 2 aromatic carbocycles.